The van der Waals surface area contributed by atoms with E-state index >= 15 is 0 Å². The summed E-state index contributed by atoms with van der Waals surface area (Å²) in [5.74, 6) is 3.06. The average Bonchev–Trinajstić information content (AvgIpc) is 2.72. The second-order valence-electron chi connectivity index (χ2n) is 9.79. The first-order valence-corrected chi connectivity index (χ1v) is 9.65. The van der Waals surface area contributed by atoms with Crippen molar-refractivity contribution in [3.05, 3.63) is 11.6 Å². The first-order chi connectivity index (χ1) is 10.7. The summed E-state index contributed by atoms with van der Waals surface area (Å²) in [4.78, 5) is 11.9. The van der Waals surface area contributed by atoms with Crippen LogP contribution in [0.15, 0.2) is 11.6 Å². The molecule has 3 fully saturated rings. The summed E-state index contributed by atoms with van der Waals surface area (Å²) in [6, 6.07) is 0. The molecule has 0 aromatic heterocycles. The van der Waals surface area contributed by atoms with E-state index in [0.29, 0.717) is 23.5 Å². The lowest BCUT2D eigenvalue weighted by Gasteiger charge is -2.60. The van der Waals surface area contributed by atoms with E-state index < -0.39 is 5.60 Å². The lowest BCUT2D eigenvalue weighted by Crippen LogP contribution is -2.55. The highest BCUT2D eigenvalue weighted by Gasteiger charge is 2.63. The number of carbonyl (C=O) groups excluding carboxylic acids is 1. The number of ketones is 1. The molecule has 1 N–H and O–H groups in total. The van der Waals surface area contributed by atoms with Crippen LogP contribution in [-0.2, 0) is 4.79 Å². The molecule has 23 heavy (non-hydrogen) atoms. The molecule has 4 aliphatic carbocycles. The van der Waals surface area contributed by atoms with Gasteiger partial charge < -0.3 is 5.11 Å². The third-order valence-electron chi connectivity index (χ3n) is 8.87. The van der Waals surface area contributed by atoms with E-state index in [1.165, 1.54) is 18.4 Å². The Labute approximate surface area is 140 Å². The summed E-state index contributed by atoms with van der Waals surface area (Å²) in [6.45, 7) is 9.26. The monoisotopic (exact) mass is 316 g/mol. The van der Waals surface area contributed by atoms with Crippen LogP contribution >= 0.6 is 0 Å². The fraction of sp³-hybridized carbons (Fsp3) is 0.857. The Balaban J connectivity index is 1.74. The Kier molecular flexibility index (Phi) is 3.25. The van der Waals surface area contributed by atoms with Crippen LogP contribution in [0.5, 0.6) is 0 Å². The van der Waals surface area contributed by atoms with Crippen LogP contribution in [0.4, 0.5) is 0 Å². The summed E-state index contributed by atoms with van der Waals surface area (Å²) in [7, 11) is 0. The quantitative estimate of drug-likeness (QED) is 0.713. The summed E-state index contributed by atoms with van der Waals surface area (Å²) >= 11 is 0. The fourth-order valence-corrected chi connectivity index (χ4v) is 7.15. The Morgan fingerprint density at radius 2 is 1.78 bits per heavy atom. The number of hydrogen-bond donors (Lipinski definition) is 1. The van der Waals surface area contributed by atoms with Crippen molar-refractivity contribution in [2.24, 2.45) is 34.5 Å². The first kappa shape index (κ1) is 15.9. The van der Waals surface area contributed by atoms with Gasteiger partial charge in [0.25, 0.3) is 0 Å². The van der Waals surface area contributed by atoms with Crippen molar-refractivity contribution in [3.63, 3.8) is 0 Å². The number of rotatable bonds is 0. The van der Waals surface area contributed by atoms with Gasteiger partial charge in [0.05, 0.1) is 5.60 Å². The van der Waals surface area contributed by atoms with Crippen molar-refractivity contribution in [3.8, 4) is 0 Å². The summed E-state index contributed by atoms with van der Waals surface area (Å²) in [5, 5.41) is 11.0. The molecule has 7 atom stereocenters. The van der Waals surface area contributed by atoms with Gasteiger partial charge in [0, 0.05) is 6.42 Å². The third kappa shape index (κ3) is 1.94. The molecule has 0 spiro atoms. The fourth-order valence-electron chi connectivity index (χ4n) is 7.15. The number of aliphatic hydroxyl groups is 1. The second-order valence-corrected chi connectivity index (χ2v) is 9.79. The minimum absolute atomic E-state index is 0.0878. The predicted octanol–water partition coefficient (Wildman–Crippen LogP) is 4.52. The minimum atomic E-state index is -0.498. The molecule has 0 amide bonds. The topological polar surface area (TPSA) is 37.3 Å². The Bertz CT molecular complexity index is 574. The van der Waals surface area contributed by atoms with Gasteiger partial charge in [-0.3, -0.25) is 4.79 Å². The van der Waals surface area contributed by atoms with Gasteiger partial charge in [0.1, 0.15) is 0 Å². The maximum absolute atomic E-state index is 11.9. The van der Waals surface area contributed by atoms with E-state index in [0.717, 1.165) is 38.0 Å². The largest absolute Gasteiger partial charge is 0.390 e. The second kappa shape index (κ2) is 4.71. The van der Waals surface area contributed by atoms with E-state index in [4.69, 9.17) is 0 Å². The molecule has 0 saturated heterocycles. The molecule has 3 saturated carbocycles. The van der Waals surface area contributed by atoms with Crippen LogP contribution < -0.4 is 0 Å². The van der Waals surface area contributed by atoms with Gasteiger partial charge in [-0.2, -0.15) is 0 Å². The van der Waals surface area contributed by atoms with Crippen molar-refractivity contribution in [1.29, 1.82) is 0 Å². The molecule has 0 heterocycles. The van der Waals surface area contributed by atoms with E-state index in [2.05, 4.69) is 27.7 Å². The number of fused-ring (bicyclic) bond motifs is 5. The number of hydrogen-bond acceptors (Lipinski definition) is 2. The normalized spacial score (nSPS) is 55.7. The van der Waals surface area contributed by atoms with Crippen molar-refractivity contribution < 1.29 is 9.90 Å². The zero-order chi connectivity index (χ0) is 16.6. The maximum atomic E-state index is 11.9. The molecule has 4 rings (SSSR count). The van der Waals surface area contributed by atoms with Crippen LogP contribution in [-0.4, -0.2) is 16.5 Å². The number of carbonyl (C=O) groups is 1. The molecule has 0 radical (unpaired) electrons. The van der Waals surface area contributed by atoms with Crippen LogP contribution in [0.3, 0.4) is 0 Å². The molecule has 4 aliphatic rings. The SMILES string of the molecule is CC1CC2=CC(=O)CC[C@]2(C)[C@@H]2CC[C@@]3(C)[C@@H](CCC3(C)O)[C@H]12. The molecule has 0 aliphatic heterocycles. The van der Waals surface area contributed by atoms with E-state index in [9.17, 15) is 9.90 Å². The lowest BCUT2D eigenvalue weighted by atomic mass is 9.44. The Morgan fingerprint density at radius 3 is 2.52 bits per heavy atom. The Morgan fingerprint density at radius 1 is 1.09 bits per heavy atom. The smallest absolute Gasteiger partial charge is 0.155 e. The minimum Gasteiger partial charge on any atom is -0.390 e. The van der Waals surface area contributed by atoms with E-state index in [-0.39, 0.29) is 10.8 Å². The van der Waals surface area contributed by atoms with Crippen molar-refractivity contribution >= 4 is 5.78 Å². The number of allylic oxidation sites excluding steroid dienone is 1. The molecule has 0 bridgehead atoms. The zero-order valence-corrected chi connectivity index (χ0v) is 15.2. The zero-order valence-electron chi connectivity index (χ0n) is 15.2. The molecule has 0 aromatic carbocycles. The average molecular weight is 316 g/mol. The summed E-state index contributed by atoms with van der Waals surface area (Å²) in [5.41, 5.74) is 1.27. The van der Waals surface area contributed by atoms with Crippen molar-refractivity contribution in [1.82, 2.24) is 0 Å². The summed E-state index contributed by atoms with van der Waals surface area (Å²) < 4.78 is 0. The van der Waals surface area contributed by atoms with E-state index in [1.807, 2.05) is 6.08 Å². The van der Waals surface area contributed by atoms with Crippen LogP contribution in [0.25, 0.3) is 0 Å². The predicted molar refractivity (Wildman–Crippen MR) is 91.9 cm³/mol. The van der Waals surface area contributed by atoms with E-state index in [1.54, 1.807) is 0 Å². The highest BCUT2D eigenvalue weighted by molar-refractivity contribution is 5.91. The van der Waals surface area contributed by atoms with Gasteiger partial charge in [-0.25, -0.2) is 0 Å². The van der Waals surface area contributed by atoms with Crippen LogP contribution in [0, 0.1) is 34.5 Å². The van der Waals surface area contributed by atoms with Crippen molar-refractivity contribution in [2.75, 3.05) is 0 Å². The van der Waals surface area contributed by atoms with Gasteiger partial charge in [0.2, 0.25) is 0 Å². The van der Waals surface area contributed by atoms with Gasteiger partial charge >= 0.3 is 0 Å². The van der Waals surface area contributed by atoms with Crippen LogP contribution in [0.1, 0.15) is 72.6 Å². The molecule has 2 nitrogen and oxygen atoms in total. The standard InChI is InChI=1S/C21H32O2/c1-13-11-14-12-15(22)5-8-19(14,2)16-6-9-20(3)17(18(13)16)7-10-21(20,4)23/h12-13,16-18,23H,5-11H2,1-4H3/t13?,16-,17+,18-,19+,20+,21?/m1/s1. The molecular formula is C21H32O2. The lowest BCUT2D eigenvalue weighted by molar-refractivity contribution is -0.132. The molecular weight excluding hydrogens is 284 g/mol. The molecule has 128 valence electrons. The molecule has 2 heteroatoms. The first-order valence-electron chi connectivity index (χ1n) is 9.65. The van der Waals surface area contributed by atoms with Crippen molar-refractivity contribution in [2.45, 2.75) is 78.2 Å². The maximum Gasteiger partial charge on any atom is 0.155 e. The Hall–Kier alpha value is -0.630. The van der Waals surface area contributed by atoms with Gasteiger partial charge in [-0.1, -0.05) is 26.3 Å². The third-order valence-corrected chi connectivity index (χ3v) is 8.87. The van der Waals surface area contributed by atoms with Crippen LogP contribution in [0.2, 0.25) is 0 Å². The highest BCUT2D eigenvalue weighted by Crippen LogP contribution is 2.68. The highest BCUT2D eigenvalue weighted by atomic mass is 16.3. The summed E-state index contributed by atoms with van der Waals surface area (Å²) in [6.07, 6.45) is 9.39. The van der Waals surface area contributed by atoms with Gasteiger partial charge in [-0.05, 0) is 86.0 Å². The molecule has 2 unspecified atom stereocenters. The van der Waals surface area contributed by atoms with Gasteiger partial charge in [-0.15, -0.1) is 0 Å². The van der Waals surface area contributed by atoms with Gasteiger partial charge in [0.15, 0.2) is 5.78 Å². The molecule has 0 aromatic rings.